The SMILES string of the molecule is C/C(=C/[C@@H](C)CO)C[C@H](O)C(C)C. The van der Waals surface area contributed by atoms with Crippen LogP contribution in [0.5, 0.6) is 0 Å². The van der Waals surface area contributed by atoms with Crippen molar-refractivity contribution < 1.29 is 10.2 Å². The van der Waals surface area contributed by atoms with Gasteiger partial charge in [0.1, 0.15) is 0 Å². The maximum atomic E-state index is 9.58. The molecule has 0 bridgehead atoms. The molecule has 0 aliphatic carbocycles. The Bertz CT molecular complexity index is 161. The second-order valence-electron chi connectivity index (χ2n) is 4.19. The summed E-state index contributed by atoms with van der Waals surface area (Å²) in [5, 5.41) is 18.4. The van der Waals surface area contributed by atoms with Gasteiger partial charge in [0, 0.05) is 6.61 Å². The van der Waals surface area contributed by atoms with E-state index in [0.29, 0.717) is 12.3 Å². The maximum absolute atomic E-state index is 9.58. The summed E-state index contributed by atoms with van der Waals surface area (Å²) in [5.74, 6) is 0.493. The molecule has 0 amide bonds. The molecule has 2 nitrogen and oxygen atoms in total. The van der Waals surface area contributed by atoms with Crippen molar-refractivity contribution in [3.63, 3.8) is 0 Å². The van der Waals surface area contributed by atoms with Gasteiger partial charge in [0.05, 0.1) is 6.10 Å². The third-order valence-electron chi connectivity index (χ3n) is 2.16. The Morgan fingerprint density at radius 2 is 1.85 bits per heavy atom. The lowest BCUT2D eigenvalue weighted by atomic mass is 9.98. The third kappa shape index (κ3) is 5.83. The Morgan fingerprint density at radius 1 is 1.31 bits per heavy atom. The first-order chi connectivity index (χ1) is 5.97. The molecule has 0 fully saturated rings. The molecule has 0 spiro atoms. The summed E-state index contributed by atoms with van der Waals surface area (Å²) in [6, 6.07) is 0. The molecule has 13 heavy (non-hydrogen) atoms. The van der Waals surface area contributed by atoms with Crippen molar-refractivity contribution in [1.82, 2.24) is 0 Å². The highest BCUT2D eigenvalue weighted by Gasteiger charge is 2.09. The van der Waals surface area contributed by atoms with Crippen LogP contribution < -0.4 is 0 Å². The molecule has 2 N–H and O–H groups in total. The molecule has 0 radical (unpaired) electrons. The summed E-state index contributed by atoms with van der Waals surface area (Å²) in [4.78, 5) is 0. The van der Waals surface area contributed by atoms with Crippen LogP contribution in [0.15, 0.2) is 11.6 Å². The van der Waals surface area contributed by atoms with Crippen LogP contribution in [0.3, 0.4) is 0 Å². The zero-order chi connectivity index (χ0) is 10.4. The van der Waals surface area contributed by atoms with Crippen LogP contribution in [0.1, 0.15) is 34.1 Å². The van der Waals surface area contributed by atoms with Crippen LogP contribution >= 0.6 is 0 Å². The van der Waals surface area contributed by atoms with Crippen LogP contribution in [0.2, 0.25) is 0 Å². The minimum absolute atomic E-state index is 0.176. The predicted molar refractivity (Wildman–Crippen MR) is 55.5 cm³/mol. The molecule has 0 aliphatic heterocycles. The molecule has 2 atom stereocenters. The zero-order valence-corrected chi connectivity index (χ0v) is 9.12. The number of hydrogen-bond donors (Lipinski definition) is 2. The van der Waals surface area contributed by atoms with Gasteiger partial charge in [-0.25, -0.2) is 0 Å². The fourth-order valence-electron chi connectivity index (χ4n) is 1.17. The highest BCUT2D eigenvalue weighted by Crippen LogP contribution is 2.13. The highest BCUT2D eigenvalue weighted by molar-refractivity contribution is 5.02. The molecule has 0 saturated heterocycles. The Morgan fingerprint density at radius 3 is 2.23 bits per heavy atom. The monoisotopic (exact) mass is 186 g/mol. The maximum Gasteiger partial charge on any atom is 0.0600 e. The number of aliphatic hydroxyl groups is 2. The van der Waals surface area contributed by atoms with Crippen molar-refractivity contribution in [3.8, 4) is 0 Å². The van der Waals surface area contributed by atoms with Crippen molar-refractivity contribution >= 4 is 0 Å². The molecule has 0 aromatic heterocycles. The molecule has 78 valence electrons. The molecular formula is C11H22O2. The Hall–Kier alpha value is -0.340. The Balaban J connectivity index is 3.98. The average molecular weight is 186 g/mol. The minimum Gasteiger partial charge on any atom is -0.396 e. The molecule has 0 aliphatic rings. The van der Waals surface area contributed by atoms with E-state index in [0.717, 1.165) is 5.57 Å². The lowest BCUT2D eigenvalue weighted by molar-refractivity contribution is 0.125. The van der Waals surface area contributed by atoms with Gasteiger partial charge in [-0.1, -0.05) is 32.4 Å². The van der Waals surface area contributed by atoms with Crippen molar-refractivity contribution in [3.05, 3.63) is 11.6 Å². The van der Waals surface area contributed by atoms with Crippen molar-refractivity contribution in [2.75, 3.05) is 6.61 Å². The van der Waals surface area contributed by atoms with E-state index in [1.54, 1.807) is 0 Å². The third-order valence-corrected chi connectivity index (χ3v) is 2.16. The van der Waals surface area contributed by atoms with E-state index < -0.39 is 0 Å². The average Bonchev–Trinajstić information content (AvgIpc) is 2.03. The fourth-order valence-corrected chi connectivity index (χ4v) is 1.17. The summed E-state index contributed by atoms with van der Waals surface area (Å²) < 4.78 is 0. The van der Waals surface area contributed by atoms with E-state index >= 15 is 0 Å². The quantitative estimate of drug-likeness (QED) is 0.644. The van der Waals surface area contributed by atoms with Crippen LogP contribution in [0, 0.1) is 11.8 Å². The van der Waals surface area contributed by atoms with Crippen LogP contribution in [0.25, 0.3) is 0 Å². The van der Waals surface area contributed by atoms with Gasteiger partial charge in [0.15, 0.2) is 0 Å². The number of rotatable bonds is 5. The summed E-state index contributed by atoms with van der Waals surface area (Å²) in [6.45, 7) is 8.15. The predicted octanol–water partition coefficient (Wildman–Crippen LogP) is 1.97. The van der Waals surface area contributed by atoms with Crippen molar-refractivity contribution in [2.24, 2.45) is 11.8 Å². The van der Waals surface area contributed by atoms with E-state index in [-0.39, 0.29) is 18.6 Å². The smallest absolute Gasteiger partial charge is 0.0600 e. The number of hydrogen-bond acceptors (Lipinski definition) is 2. The summed E-state index contributed by atoms with van der Waals surface area (Å²) in [7, 11) is 0. The van der Waals surface area contributed by atoms with Gasteiger partial charge in [0.25, 0.3) is 0 Å². The molecule has 0 unspecified atom stereocenters. The minimum atomic E-state index is -0.262. The first-order valence-corrected chi connectivity index (χ1v) is 4.93. The molecule has 0 aromatic carbocycles. The summed E-state index contributed by atoms with van der Waals surface area (Å²) >= 11 is 0. The van der Waals surface area contributed by atoms with E-state index in [1.165, 1.54) is 0 Å². The zero-order valence-electron chi connectivity index (χ0n) is 9.12. The fraction of sp³-hybridized carbons (Fsp3) is 0.818. The second kappa shape index (κ2) is 6.17. The largest absolute Gasteiger partial charge is 0.396 e. The molecular weight excluding hydrogens is 164 g/mol. The van der Waals surface area contributed by atoms with Crippen molar-refractivity contribution in [2.45, 2.75) is 40.2 Å². The van der Waals surface area contributed by atoms with Crippen molar-refractivity contribution in [1.29, 1.82) is 0 Å². The number of aliphatic hydroxyl groups excluding tert-OH is 2. The first kappa shape index (κ1) is 12.7. The lowest BCUT2D eigenvalue weighted by Crippen LogP contribution is -2.15. The van der Waals surface area contributed by atoms with Crippen LogP contribution in [-0.2, 0) is 0 Å². The van der Waals surface area contributed by atoms with E-state index in [1.807, 2.05) is 33.8 Å². The summed E-state index contributed by atoms with van der Waals surface area (Å²) in [6.07, 6.45) is 2.47. The van der Waals surface area contributed by atoms with Gasteiger partial charge in [-0.05, 0) is 25.2 Å². The van der Waals surface area contributed by atoms with E-state index in [2.05, 4.69) is 0 Å². The van der Waals surface area contributed by atoms with Crippen LogP contribution in [0.4, 0.5) is 0 Å². The highest BCUT2D eigenvalue weighted by atomic mass is 16.3. The van der Waals surface area contributed by atoms with Gasteiger partial charge < -0.3 is 10.2 Å². The first-order valence-electron chi connectivity index (χ1n) is 4.93. The molecule has 2 heteroatoms. The van der Waals surface area contributed by atoms with Gasteiger partial charge in [0.2, 0.25) is 0 Å². The van der Waals surface area contributed by atoms with E-state index in [9.17, 15) is 5.11 Å². The molecule has 0 rings (SSSR count). The summed E-state index contributed by atoms with van der Waals surface area (Å²) in [5.41, 5.74) is 1.16. The van der Waals surface area contributed by atoms with Gasteiger partial charge in [-0.2, -0.15) is 0 Å². The Labute approximate surface area is 81.3 Å². The molecule has 0 aromatic rings. The molecule has 0 saturated carbocycles. The second-order valence-corrected chi connectivity index (χ2v) is 4.19. The topological polar surface area (TPSA) is 40.5 Å². The normalized spacial score (nSPS) is 17.6. The molecule has 0 heterocycles. The van der Waals surface area contributed by atoms with Crippen LogP contribution in [-0.4, -0.2) is 22.9 Å². The van der Waals surface area contributed by atoms with Gasteiger partial charge >= 0.3 is 0 Å². The van der Waals surface area contributed by atoms with Gasteiger partial charge in [-0.15, -0.1) is 0 Å². The Kier molecular flexibility index (Phi) is 6.00. The van der Waals surface area contributed by atoms with Gasteiger partial charge in [-0.3, -0.25) is 0 Å². The lowest BCUT2D eigenvalue weighted by Gasteiger charge is -2.15. The standard InChI is InChI=1S/C11H22O2/c1-8(2)11(13)6-9(3)5-10(4)7-12/h5,8,10-13H,6-7H2,1-4H3/b9-5-/t10-,11+/m1/s1. The van der Waals surface area contributed by atoms with E-state index in [4.69, 9.17) is 5.11 Å².